The van der Waals surface area contributed by atoms with Gasteiger partial charge in [-0.3, -0.25) is 4.79 Å². The van der Waals surface area contributed by atoms with Crippen LogP contribution in [0, 0.1) is 5.92 Å². The lowest BCUT2D eigenvalue weighted by atomic mass is 9.87. The van der Waals surface area contributed by atoms with Gasteiger partial charge < -0.3 is 9.84 Å². The Balaban J connectivity index is 4.96. The van der Waals surface area contributed by atoms with E-state index in [4.69, 9.17) is 17.7 Å². The van der Waals surface area contributed by atoms with Crippen molar-refractivity contribution in [3.05, 3.63) is 12.2 Å². The molecule has 5 nitrogen and oxygen atoms in total. The number of amides is 1. The Morgan fingerprint density at radius 3 is 2.30 bits per heavy atom. The molecule has 0 aromatic heterocycles. The largest absolute Gasteiger partial charge is 0.481 e. The first-order valence-corrected chi connectivity index (χ1v) is 6.48. The summed E-state index contributed by atoms with van der Waals surface area (Å²) in [4.78, 5) is 26.1. The number of carbonyl (C=O) groups excluding carboxylic acids is 1. The van der Waals surface area contributed by atoms with E-state index in [1.807, 2.05) is 13.8 Å². The van der Waals surface area contributed by atoms with Gasteiger partial charge in [0.25, 0.3) is 0 Å². The Hall–Kier alpha value is -1.59. The van der Waals surface area contributed by atoms with Gasteiger partial charge in [0.15, 0.2) is 0 Å². The van der Waals surface area contributed by atoms with Crippen molar-refractivity contribution in [3.63, 3.8) is 0 Å². The molecule has 0 fully saturated rings. The monoisotopic (exact) mass is 279 g/mol. The van der Waals surface area contributed by atoms with Crippen molar-refractivity contribution in [1.29, 1.82) is 0 Å². The molecule has 0 saturated carbocycles. The van der Waals surface area contributed by atoms with Crippen LogP contribution in [0.2, 0.25) is 5.82 Å². The van der Waals surface area contributed by atoms with E-state index in [9.17, 15) is 9.59 Å². The molecule has 0 unspecified atom stereocenters. The normalized spacial score (nSPS) is 14.6. The van der Waals surface area contributed by atoms with Crippen LogP contribution in [0.1, 0.15) is 41.0 Å². The van der Waals surface area contributed by atoms with E-state index in [2.05, 4.69) is 4.99 Å². The summed E-state index contributed by atoms with van der Waals surface area (Å²) in [6, 6.07) is 0. The molecule has 1 amide bonds. The van der Waals surface area contributed by atoms with Crippen LogP contribution in [0.3, 0.4) is 0 Å². The topological polar surface area (TPSA) is 76.0 Å². The highest BCUT2D eigenvalue weighted by atomic mass is 16.6. The van der Waals surface area contributed by atoms with Crippen molar-refractivity contribution in [1.82, 2.24) is 0 Å². The van der Waals surface area contributed by atoms with Gasteiger partial charge in [-0.1, -0.05) is 19.9 Å². The van der Waals surface area contributed by atoms with Crippen LogP contribution in [0.15, 0.2) is 17.1 Å². The lowest BCUT2D eigenvalue weighted by Crippen LogP contribution is -2.22. The van der Waals surface area contributed by atoms with Gasteiger partial charge in [-0.15, -0.1) is 0 Å². The maximum Gasteiger partial charge on any atom is 0.434 e. The van der Waals surface area contributed by atoms with Crippen LogP contribution in [0.4, 0.5) is 4.79 Å². The van der Waals surface area contributed by atoms with Crippen LogP contribution in [0.25, 0.3) is 0 Å². The summed E-state index contributed by atoms with van der Waals surface area (Å²) < 4.78 is 5.10. The van der Waals surface area contributed by atoms with E-state index in [0.29, 0.717) is 12.1 Å². The molecule has 6 heteroatoms. The van der Waals surface area contributed by atoms with Crippen LogP contribution < -0.4 is 0 Å². The molecule has 110 valence electrons. The fraction of sp³-hybridized carbons (Fsp3) is 0.643. The number of rotatable bonds is 5. The number of aliphatic carboxylic acids is 1. The zero-order chi connectivity index (χ0) is 15.9. The Morgan fingerprint density at radius 1 is 1.35 bits per heavy atom. The molecule has 0 aliphatic heterocycles. The Kier molecular flexibility index (Phi) is 7.25. The van der Waals surface area contributed by atoms with Gasteiger partial charge in [-0.2, -0.15) is 4.99 Å². The predicted octanol–water partition coefficient (Wildman–Crippen LogP) is 3.01. The van der Waals surface area contributed by atoms with Crippen molar-refractivity contribution in [3.8, 4) is 0 Å². The number of hydrogen-bond acceptors (Lipinski definition) is 3. The fourth-order valence-electron chi connectivity index (χ4n) is 1.27. The van der Waals surface area contributed by atoms with Crippen LogP contribution in [-0.4, -0.2) is 36.3 Å². The zero-order valence-electron chi connectivity index (χ0n) is 12.7. The lowest BCUT2D eigenvalue weighted by molar-refractivity contribution is -0.135. The molecule has 0 aromatic carbocycles. The second kappa shape index (κ2) is 7.87. The molecule has 0 saturated heterocycles. The van der Waals surface area contributed by atoms with Crippen molar-refractivity contribution >= 4 is 25.6 Å². The first-order chi connectivity index (χ1) is 9.01. The van der Waals surface area contributed by atoms with Gasteiger partial charge in [0, 0.05) is 11.5 Å². The summed E-state index contributed by atoms with van der Waals surface area (Å²) in [5.74, 6) is -1.99. The number of ether oxygens (including phenoxy) is 1. The number of carboxylic acids is 1. The molecule has 1 atom stereocenters. The highest BCUT2D eigenvalue weighted by Gasteiger charge is 2.16. The third-order valence-electron chi connectivity index (χ3n) is 2.03. The smallest absolute Gasteiger partial charge is 0.434 e. The first-order valence-electron chi connectivity index (χ1n) is 6.48. The number of allylic oxidation sites excluding steroid dienone is 1. The third kappa shape index (κ3) is 9.36. The van der Waals surface area contributed by atoms with Crippen LogP contribution in [-0.2, 0) is 9.53 Å². The van der Waals surface area contributed by atoms with E-state index in [0.717, 1.165) is 0 Å². The molecule has 0 aromatic rings. The fourth-order valence-corrected chi connectivity index (χ4v) is 1.27. The van der Waals surface area contributed by atoms with E-state index in [1.54, 1.807) is 20.8 Å². The van der Waals surface area contributed by atoms with Gasteiger partial charge in [-0.25, -0.2) is 4.79 Å². The number of carboxylic acid groups (broad SMARTS) is 1. The van der Waals surface area contributed by atoms with Crippen molar-refractivity contribution in [2.45, 2.75) is 52.5 Å². The molecule has 2 radical (unpaired) electrons. The maximum absolute atomic E-state index is 11.6. The third-order valence-corrected chi connectivity index (χ3v) is 2.03. The average Bonchev–Trinajstić information content (AvgIpc) is 2.21. The molecule has 0 rings (SSSR count). The molecular weight excluding hydrogens is 257 g/mol. The SMILES string of the molecule is [B][C@@H](/C=C/C(CC(C)C)=NC(=O)OC(C)(C)C)C(=O)O. The standard InChI is InChI=1S/C14H22BNO4/c1-9(2)8-10(6-7-11(15)12(17)18)16-13(19)20-14(3,4)5/h6-7,9,11H,8H2,1-5H3,(H,17,18)/b7-6+,16-10?/t11-/m0/s1. The summed E-state index contributed by atoms with van der Waals surface area (Å²) >= 11 is 0. The van der Waals surface area contributed by atoms with Crippen LogP contribution >= 0.6 is 0 Å². The van der Waals surface area contributed by atoms with Crippen LogP contribution in [0.5, 0.6) is 0 Å². The second-order valence-electron chi connectivity index (χ2n) is 5.90. The van der Waals surface area contributed by atoms with Crippen molar-refractivity contribution in [2.75, 3.05) is 0 Å². The average molecular weight is 279 g/mol. The molecule has 0 spiro atoms. The minimum absolute atomic E-state index is 0.266. The molecule has 0 aliphatic carbocycles. The van der Waals surface area contributed by atoms with Gasteiger partial charge in [0.2, 0.25) is 0 Å². The highest BCUT2D eigenvalue weighted by Crippen LogP contribution is 2.11. The Morgan fingerprint density at radius 2 is 1.90 bits per heavy atom. The zero-order valence-corrected chi connectivity index (χ0v) is 12.7. The number of aliphatic imine (C=N–C) groups is 1. The van der Waals surface area contributed by atoms with Gasteiger partial charge >= 0.3 is 12.1 Å². The summed E-state index contributed by atoms with van der Waals surface area (Å²) in [5, 5.41) is 8.70. The maximum atomic E-state index is 11.6. The molecule has 0 bridgehead atoms. The number of carbonyl (C=O) groups is 2. The highest BCUT2D eigenvalue weighted by molar-refractivity contribution is 6.24. The lowest BCUT2D eigenvalue weighted by Gasteiger charge is -2.17. The van der Waals surface area contributed by atoms with Gasteiger partial charge in [0.05, 0.1) is 7.85 Å². The Labute approximate surface area is 121 Å². The summed E-state index contributed by atoms with van der Waals surface area (Å²) in [7, 11) is 5.37. The van der Waals surface area contributed by atoms with Crippen molar-refractivity contribution < 1.29 is 19.4 Å². The summed E-state index contributed by atoms with van der Waals surface area (Å²) in [5.41, 5.74) is -0.170. The molecular formula is C14H22BNO4. The molecule has 20 heavy (non-hydrogen) atoms. The molecule has 1 N–H and O–H groups in total. The minimum Gasteiger partial charge on any atom is -0.481 e. The molecule has 0 heterocycles. The Bertz CT molecular complexity index is 408. The van der Waals surface area contributed by atoms with E-state index < -0.39 is 23.5 Å². The van der Waals surface area contributed by atoms with Crippen molar-refractivity contribution in [2.24, 2.45) is 10.9 Å². The summed E-state index contributed by atoms with van der Waals surface area (Å²) in [6.07, 6.45) is 2.60. The predicted molar refractivity (Wildman–Crippen MR) is 79.4 cm³/mol. The van der Waals surface area contributed by atoms with E-state index in [1.165, 1.54) is 12.2 Å². The van der Waals surface area contributed by atoms with Gasteiger partial charge in [-0.05, 0) is 39.2 Å². The van der Waals surface area contributed by atoms with Gasteiger partial charge in [0.1, 0.15) is 5.60 Å². The van der Waals surface area contributed by atoms with E-state index >= 15 is 0 Å². The number of nitrogens with zero attached hydrogens (tertiary/aromatic N) is 1. The minimum atomic E-state index is -1.14. The quantitative estimate of drug-likeness (QED) is 0.620. The molecule has 0 aliphatic rings. The first kappa shape index (κ1) is 18.4. The summed E-state index contributed by atoms with van der Waals surface area (Å²) in [6.45, 7) is 9.18. The van der Waals surface area contributed by atoms with E-state index in [-0.39, 0.29) is 5.92 Å². The second-order valence-corrected chi connectivity index (χ2v) is 5.90. The number of hydrogen-bond donors (Lipinski definition) is 1.